The number of hydrogen-bond acceptors (Lipinski definition) is 7. The van der Waals surface area contributed by atoms with Crippen molar-refractivity contribution in [3.8, 4) is 0 Å². The van der Waals surface area contributed by atoms with Crippen molar-refractivity contribution in [3.05, 3.63) is 34.4 Å². The number of benzene rings is 1. The van der Waals surface area contributed by atoms with Crippen LogP contribution in [-0.2, 0) is 19.6 Å². The Morgan fingerprint density at radius 3 is 2.55 bits per heavy atom. The highest BCUT2D eigenvalue weighted by molar-refractivity contribution is 7.89. The van der Waals surface area contributed by atoms with Crippen LogP contribution in [0.4, 0.5) is 5.69 Å². The number of para-hydroxylation sites is 1. The number of nitrogens with one attached hydrogen (secondary N) is 1. The van der Waals surface area contributed by atoms with Crippen LogP contribution < -0.4 is 4.83 Å². The smallest absolute Gasteiger partial charge is 0.321 e. The van der Waals surface area contributed by atoms with Crippen molar-refractivity contribution in [1.29, 1.82) is 0 Å². The van der Waals surface area contributed by atoms with E-state index in [-0.39, 0.29) is 19.7 Å². The average molecular weight is 331 g/mol. The number of ether oxygens (including phenoxy) is 1. The van der Waals surface area contributed by atoms with Crippen LogP contribution in [0, 0.1) is 10.1 Å². The quantitative estimate of drug-likeness (QED) is 0.422. The lowest BCUT2D eigenvalue weighted by molar-refractivity contribution is -0.387. The number of nitrogens with zero attached hydrogens (tertiary/aromatic N) is 2. The Labute approximate surface area is 128 Å². The van der Waals surface area contributed by atoms with Crippen LogP contribution in [0.5, 0.6) is 0 Å². The second-order valence-corrected chi connectivity index (χ2v) is 5.77. The van der Waals surface area contributed by atoms with E-state index < -0.39 is 31.5 Å². The van der Waals surface area contributed by atoms with Gasteiger partial charge in [0.25, 0.3) is 15.7 Å². The highest BCUT2D eigenvalue weighted by Crippen LogP contribution is 2.22. The number of carbonyl (C=O) groups excluding carboxylic acids is 1. The molecule has 0 unspecified atom stereocenters. The predicted molar refractivity (Wildman–Crippen MR) is 77.3 cm³/mol. The second kappa shape index (κ2) is 7.82. The van der Waals surface area contributed by atoms with Crippen molar-refractivity contribution in [2.45, 2.75) is 18.7 Å². The Morgan fingerprint density at radius 2 is 2.00 bits per heavy atom. The van der Waals surface area contributed by atoms with Gasteiger partial charge >= 0.3 is 5.97 Å². The van der Waals surface area contributed by atoms with Gasteiger partial charge in [-0.2, -0.15) is 0 Å². The highest BCUT2D eigenvalue weighted by Gasteiger charge is 2.27. The number of likely N-dealkylation sites (N-methyl/N-ethyl adjacent to an activating group) is 1. The molecule has 0 amide bonds. The van der Waals surface area contributed by atoms with Crippen molar-refractivity contribution in [1.82, 2.24) is 9.84 Å². The molecule has 0 aliphatic rings. The van der Waals surface area contributed by atoms with Gasteiger partial charge in [-0.1, -0.05) is 19.1 Å². The number of nitro groups is 1. The van der Waals surface area contributed by atoms with E-state index in [0.29, 0.717) is 0 Å². The summed E-state index contributed by atoms with van der Waals surface area (Å²) in [7, 11) is -4.18. The molecule has 22 heavy (non-hydrogen) atoms. The lowest BCUT2D eigenvalue weighted by Gasteiger charge is -2.20. The normalized spacial score (nSPS) is 11.4. The topological polar surface area (TPSA) is 119 Å². The molecule has 0 aliphatic heterocycles. The third kappa shape index (κ3) is 4.76. The second-order valence-electron chi connectivity index (χ2n) is 4.14. The van der Waals surface area contributed by atoms with Crippen LogP contribution >= 0.6 is 0 Å². The fourth-order valence-electron chi connectivity index (χ4n) is 1.63. The molecule has 0 fully saturated rings. The van der Waals surface area contributed by atoms with Crippen molar-refractivity contribution < 1.29 is 22.9 Å². The van der Waals surface area contributed by atoms with Gasteiger partial charge in [0, 0.05) is 12.6 Å². The third-order valence-corrected chi connectivity index (χ3v) is 4.03. The average Bonchev–Trinajstić information content (AvgIpc) is 2.46. The van der Waals surface area contributed by atoms with E-state index in [1.807, 2.05) is 0 Å². The molecule has 122 valence electrons. The van der Waals surface area contributed by atoms with Gasteiger partial charge in [-0.25, -0.2) is 13.4 Å². The zero-order valence-corrected chi connectivity index (χ0v) is 13.0. The summed E-state index contributed by atoms with van der Waals surface area (Å²) in [6.45, 7) is 3.31. The minimum absolute atomic E-state index is 0.174. The predicted octanol–water partition coefficient (Wildman–Crippen LogP) is 0.673. The summed E-state index contributed by atoms with van der Waals surface area (Å²) < 4.78 is 29.2. The molecular weight excluding hydrogens is 314 g/mol. The molecule has 10 heteroatoms. The van der Waals surface area contributed by atoms with E-state index in [4.69, 9.17) is 4.74 Å². The lowest BCUT2D eigenvalue weighted by Crippen LogP contribution is -2.45. The SMILES string of the molecule is CCOC(=O)CN(CC)NS(=O)(=O)c1ccccc1[N+](=O)[O-]. The number of hydrogen-bond donors (Lipinski definition) is 1. The van der Waals surface area contributed by atoms with Gasteiger partial charge < -0.3 is 4.74 Å². The third-order valence-electron chi connectivity index (χ3n) is 2.61. The summed E-state index contributed by atoms with van der Waals surface area (Å²) in [6, 6.07) is 4.96. The number of sulfonamides is 1. The molecule has 0 atom stereocenters. The zero-order valence-electron chi connectivity index (χ0n) is 12.2. The summed E-state index contributed by atoms with van der Waals surface area (Å²) in [5.41, 5.74) is -0.540. The van der Waals surface area contributed by atoms with E-state index in [2.05, 4.69) is 4.83 Å². The van der Waals surface area contributed by atoms with Crippen molar-refractivity contribution in [3.63, 3.8) is 0 Å². The van der Waals surface area contributed by atoms with E-state index in [0.717, 1.165) is 17.1 Å². The molecule has 0 saturated carbocycles. The van der Waals surface area contributed by atoms with Gasteiger partial charge in [0.15, 0.2) is 4.90 Å². The summed E-state index contributed by atoms with van der Waals surface area (Å²) in [6.07, 6.45) is 0. The molecule has 1 N–H and O–H groups in total. The first-order valence-electron chi connectivity index (χ1n) is 6.48. The maximum absolute atomic E-state index is 12.3. The van der Waals surface area contributed by atoms with Crippen LogP contribution in [0.15, 0.2) is 29.2 Å². The van der Waals surface area contributed by atoms with Crippen LogP contribution in [0.25, 0.3) is 0 Å². The highest BCUT2D eigenvalue weighted by atomic mass is 32.2. The Bertz CT molecular complexity index is 646. The number of carbonyl (C=O) groups is 1. The van der Waals surface area contributed by atoms with Gasteiger partial charge in [0.1, 0.15) is 6.54 Å². The summed E-state index contributed by atoms with van der Waals surface area (Å²) in [5, 5.41) is 12.0. The molecule has 1 aromatic rings. The zero-order chi connectivity index (χ0) is 16.8. The van der Waals surface area contributed by atoms with Gasteiger partial charge in [0.2, 0.25) is 0 Å². The molecule has 0 heterocycles. The molecule has 9 nitrogen and oxygen atoms in total. The first-order valence-corrected chi connectivity index (χ1v) is 7.96. The molecule has 0 saturated heterocycles. The number of esters is 1. The fraction of sp³-hybridized carbons (Fsp3) is 0.417. The summed E-state index contributed by atoms with van der Waals surface area (Å²) in [4.78, 5) is 23.2. The van der Waals surface area contributed by atoms with Crippen LogP contribution in [0.2, 0.25) is 0 Å². The Morgan fingerprint density at radius 1 is 1.36 bits per heavy atom. The number of rotatable bonds is 8. The molecular formula is C12H17N3O6S. The molecule has 0 bridgehead atoms. The monoisotopic (exact) mass is 331 g/mol. The van der Waals surface area contributed by atoms with Crippen molar-refractivity contribution in [2.24, 2.45) is 0 Å². The molecule has 0 spiro atoms. The largest absolute Gasteiger partial charge is 0.465 e. The van der Waals surface area contributed by atoms with E-state index >= 15 is 0 Å². The van der Waals surface area contributed by atoms with Crippen LogP contribution in [-0.4, -0.2) is 44.0 Å². The number of nitro benzene ring substituents is 1. The first kappa shape index (κ1) is 18.0. The molecule has 0 radical (unpaired) electrons. The van der Waals surface area contributed by atoms with Crippen molar-refractivity contribution in [2.75, 3.05) is 19.7 Å². The molecule has 0 aliphatic carbocycles. The van der Waals surface area contributed by atoms with E-state index in [1.165, 1.54) is 12.1 Å². The van der Waals surface area contributed by atoms with E-state index in [9.17, 15) is 23.3 Å². The summed E-state index contributed by atoms with van der Waals surface area (Å²) >= 11 is 0. The molecule has 1 aromatic carbocycles. The van der Waals surface area contributed by atoms with E-state index in [1.54, 1.807) is 13.8 Å². The standard InChI is InChI=1S/C12H17N3O6S/c1-3-14(9-12(16)21-4-2)13-22(19,20)11-8-6-5-7-10(11)15(17)18/h5-8,13H,3-4,9H2,1-2H3. The maximum atomic E-state index is 12.3. The van der Waals surface area contributed by atoms with Crippen molar-refractivity contribution >= 4 is 21.7 Å². The van der Waals surface area contributed by atoms with Crippen LogP contribution in [0.1, 0.15) is 13.8 Å². The summed E-state index contributed by atoms with van der Waals surface area (Å²) in [5.74, 6) is -0.602. The van der Waals surface area contributed by atoms with Gasteiger partial charge in [0.05, 0.1) is 11.5 Å². The Balaban J connectivity index is 2.99. The molecule has 0 aromatic heterocycles. The lowest BCUT2D eigenvalue weighted by atomic mass is 10.3. The fourth-order valence-corrected chi connectivity index (χ4v) is 2.93. The maximum Gasteiger partial charge on any atom is 0.321 e. The van der Waals surface area contributed by atoms with Crippen LogP contribution in [0.3, 0.4) is 0 Å². The number of hydrazine groups is 1. The van der Waals surface area contributed by atoms with Gasteiger partial charge in [-0.05, 0) is 13.0 Å². The van der Waals surface area contributed by atoms with Gasteiger partial charge in [-0.3, -0.25) is 14.9 Å². The minimum Gasteiger partial charge on any atom is -0.465 e. The van der Waals surface area contributed by atoms with Gasteiger partial charge in [-0.15, -0.1) is 4.83 Å². The Hall–Kier alpha value is -2.04. The minimum atomic E-state index is -4.18. The molecule has 1 rings (SSSR count). The first-order chi connectivity index (χ1) is 10.3. The Kier molecular flexibility index (Phi) is 6.40.